The summed E-state index contributed by atoms with van der Waals surface area (Å²) in [6.07, 6.45) is 0. The van der Waals surface area contributed by atoms with Crippen LogP contribution in [0.4, 0.5) is 17.1 Å². The third-order valence-electron chi connectivity index (χ3n) is 14.2. The highest BCUT2D eigenvalue weighted by Crippen LogP contribution is 2.63. The zero-order valence-corrected chi connectivity index (χ0v) is 34.3. The third kappa shape index (κ3) is 4.72. The molecule has 3 aliphatic carbocycles. The normalized spacial score (nSPS) is 13.2. The summed E-state index contributed by atoms with van der Waals surface area (Å²) in [6, 6.07) is 83.3. The second-order valence-electron chi connectivity index (χ2n) is 17.3. The summed E-state index contributed by atoms with van der Waals surface area (Å²) in [5, 5.41) is 3.91. The topological polar surface area (TPSA) is 19.0 Å². The van der Waals surface area contributed by atoms with Gasteiger partial charge in [0.25, 0.3) is 0 Å². The fourth-order valence-corrected chi connectivity index (χ4v) is 11.5. The van der Waals surface area contributed by atoms with Gasteiger partial charge in [0.2, 0.25) is 0 Å². The molecular weight excluding hydrogens is 761 g/mol. The molecular formula is C61H38N2. The van der Waals surface area contributed by atoms with E-state index in [-0.39, 0.29) is 0 Å². The van der Waals surface area contributed by atoms with Crippen molar-refractivity contribution in [2.75, 3.05) is 4.90 Å². The Hall–Kier alpha value is -8.20. The molecule has 0 bridgehead atoms. The van der Waals surface area contributed by atoms with Crippen LogP contribution >= 0.6 is 0 Å². The van der Waals surface area contributed by atoms with Gasteiger partial charge in [-0.1, -0.05) is 182 Å². The van der Waals surface area contributed by atoms with Gasteiger partial charge in [0.15, 0.2) is 0 Å². The van der Waals surface area contributed by atoms with Crippen molar-refractivity contribution >= 4 is 38.7 Å². The maximum absolute atomic E-state index is 3.84. The third-order valence-corrected chi connectivity index (χ3v) is 14.2. The zero-order valence-electron chi connectivity index (χ0n) is 34.3. The van der Waals surface area contributed by atoms with Gasteiger partial charge in [-0.25, -0.2) is 0 Å². The van der Waals surface area contributed by atoms with E-state index in [1.54, 1.807) is 0 Å². The molecule has 10 aromatic carbocycles. The largest absolute Gasteiger partial charge is 0.354 e. The van der Waals surface area contributed by atoms with Gasteiger partial charge in [0.1, 0.15) is 0 Å². The molecule has 0 atom stereocenters. The van der Waals surface area contributed by atoms with E-state index in [0.29, 0.717) is 0 Å². The molecule has 0 aliphatic heterocycles. The first-order chi connectivity index (χ1) is 31.2. The van der Waals surface area contributed by atoms with Crippen molar-refractivity contribution in [1.29, 1.82) is 0 Å². The second-order valence-corrected chi connectivity index (χ2v) is 17.3. The summed E-state index contributed by atoms with van der Waals surface area (Å²) >= 11 is 0. The number of rotatable bonds is 5. The summed E-state index contributed by atoms with van der Waals surface area (Å²) in [5.74, 6) is 0. The van der Waals surface area contributed by atoms with Gasteiger partial charge in [-0.3, -0.25) is 0 Å². The Morgan fingerprint density at radius 3 is 1.57 bits per heavy atom. The van der Waals surface area contributed by atoms with Crippen LogP contribution in [-0.4, -0.2) is 4.98 Å². The van der Waals surface area contributed by atoms with Gasteiger partial charge in [0.05, 0.1) is 11.1 Å². The van der Waals surface area contributed by atoms with E-state index in [1.807, 2.05) is 0 Å². The van der Waals surface area contributed by atoms with E-state index in [2.05, 4.69) is 234 Å². The molecule has 63 heavy (non-hydrogen) atoms. The standard InChI is InChI=1S/C61H38N2/c1-2-13-38(14-3-1)41-17-10-18-44(35-41)63(43-30-27-39(28-31-43)42-29-33-50-57(36-42)62-60-52-23-12-16-40-15-11-22-51(58(40)52)59(50)60)45-32-34-49-48-21-6-9-26-55(48)61(56(49)37-45)53-24-7-4-19-46(53)47-20-5-8-25-54(47)61/h1-37,62H. The fraction of sp³-hybridized carbons (Fsp3) is 0.0164. The molecule has 1 heterocycles. The maximum Gasteiger partial charge on any atom is 0.0726 e. The first-order valence-corrected chi connectivity index (χ1v) is 21.9. The Balaban J connectivity index is 0.923. The van der Waals surface area contributed by atoms with Crippen molar-refractivity contribution in [2.45, 2.75) is 5.41 Å². The number of aromatic nitrogens is 1. The SMILES string of the molecule is c1ccc(-c2cccc(N(c3ccc(-c4ccc5c6c([nH]c5c4)-c4cccc5cccc-6c45)cc3)c3ccc4c(c3)C3(c5ccccc5-c5ccccc53)c3ccccc3-4)c2)cc1. The van der Waals surface area contributed by atoms with E-state index in [1.165, 1.54) is 105 Å². The molecule has 1 spiro atoms. The summed E-state index contributed by atoms with van der Waals surface area (Å²) in [7, 11) is 0. The first-order valence-electron chi connectivity index (χ1n) is 21.9. The van der Waals surface area contributed by atoms with E-state index >= 15 is 0 Å². The monoisotopic (exact) mass is 798 g/mol. The highest BCUT2D eigenvalue weighted by molar-refractivity contribution is 6.21. The van der Waals surface area contributed by atoms with Crippen LogP contribution < -0.4 is 4.90 Å². The molecule has 2 nitrogen and oxygen atoms in total. The van der Waals surface area contributed by atoms with Crippen LogP contribution in [0.3, 0.4) is 0 Å². The molecule has 0 unspecified atom stereocenters. The molecule has 0 saturated carbocycles. The average Bonchev–Trinajstić information content (AvgIpc) is 4.06. The second kappa shape index (κ2) is 12.9. The van der Waals surface area contributed by atoms with E-state index in [4.69, 9.17) is 0 Å². The molecule has 0 radical (unpaired) electrons. The van der Waals surface area contributed by atoms with Crippen LogP contribution in [0.5, 0.6) is 0 Å². The molecule has 2 heteroatoms. The van der Waals surface area contributed by atoms with Gasteiger partial charge in [-0.2, -0.15) is 0 Å². The minimum absolute atomic E-state index is 0.429. The number of hydrogen-bond donors (Lipinski definition) is 1. The van der Waals surface area contributed by atoms with Crippen LogP contribution in [0.2, 0.25) is 0 Å². The van der Waals surface area contributed by atoms with Gasteiger partial charge in [-0.05, 0) is 126 Å². The van der Waals surface area contributed by atoms with Gasteiger partial charge in [-0.15, -0.1) is 0 Å². The Kier molecular flexibility index (Phi) is 7.07. The number of nitrogens with one attached hydrogen (secondary N) is 1. The lowest BCUT2D eigenvalue weighted by molar-refractivity contribution is 0.793. The molecule has 11 aromatic rings. The van der Waals surface area contributed by atoms with Crippen LogP contribution in [0.25, 0.3) is 88.6 Å². The highest BCUT2D eigenvalue weighted by Gasteiger charge is 2.51. The van der Waals surface area contributed by atoms with Crippen molar-refractivity contribution < 1.29 is 0 Å². The van der Waals surface area contributed by atoms with Crippen LogP contribution in [0.15, 0.2) is 224 Å². The molecule has 292 valence electrons. The number of benzene rings is 10. The lowest BCUT2D eigenvalue weighted by atomic mass is 9.70. The summed E-state index contributed by atoms with van der Waals surface area (Å²) in [5.41, 5.74) is 24.6. The Morgan fingerprint density at radius 1 is 0.333 bits per heavy atom. The first kappa shape index (κ1) is 34.5. The molecule has 0 amide bonds. The van der Waals surface area contributed by atoms with Crippen molar-refractivity contribution in [3.63, 3.8) is 0 Å². The van der Waals surface area contributed by atoms with Crippen LogP contribution in [0, 0.1) is 0 Å². The number of hydrogen-bond acceptors (Lipinski definition) is 1. The summed E-state index contributed by atoms with van der Waals surface area (Å²) in [4.78, 5) is 6.28. The van der Waals surface area contributed by atoms with Crippen molar-refractivity contribution in [2.24, 2.45) is 0 Å². The van der Waals surface area contributed by atoms with Crippen LogP contribution in [-0.2, 0) is 5.41 Å². The number of H-pyrrole nitrogens is 1. The molecule has 14 rings (SSSR count). The molecule has 1 N–H and O–H groups in total. The van der Waals surface area contributed by atoms with Gasteiger partial charge >= 0.3 is 0 Å². The summed E-state index contributed by atoms with van der Waals surface area (Å²) in [6.45, 7) is 0. The van der Waals surface area contributed by atoms with Crippen LogP contribution in [0.1, 0.15) is 22.3 Å². The lowest BCUT2D eigenvalue weighted by Gasteiger charge is -2.32. The molecule has 0 saturated heterocycles. The summed E-state index contributed by atoms with van der Waals surface area (Å²) < 4.78 is 0. The minimum atomic E-state index is -0.429. The van der Waals surface area contributed by atoms with E-state index < -0.39 is 5.41 Å². The smallest absolute Gasteiger partial charge is 0.0726 e. The van der Waals surface area contributed by atoms with Gasteiger partial charge < -0.3 is 9.88 Å². The molecule has 3 aliphatic rings. The quantitative estimate of drug-likeness (QED) is 0.184. The van der Waals surface area contributed by atoms with Crippen molar-refractivity contribution in [1.82, 2.24) is 4.98 Å². The Labute approximate surface area is 366 Å². The number of aromatic amines is 1. The molecule has 0 fully saturated rings. The number of nitrogens with zero attached hydrogens (tertiary/aromatic N) is 1. The zero-order chi connectivity index (χ0) is 41.2. The average molecular weight is 799 g/mol. The Bertz CT molecular complexity index is 3620. The van der Waals surface area contributed by atoms with Gasteiger partial charge in [0, 0.05) is 39.1 Å². The minimum Gasteiger partial charge on any atom is -0.354 e. The number of fused-ring (bicyclic) bond motifs is 15. The Morgan fingerprint density at radius 2 is 0.857 bits per heavy atom. The molecule has 1 aromatic heterocycles. The fourth-order valence-electron chi connectivity index (χ4n) is 11.5. The highest BCUT2D eigenvalue weighted by atomic mass is 15.1. The van der Waals surface area contributed by atoms with E-state index in [9.17, 15) is 0 Å². The predicted molar refractivity (Wildman–Crippen MR) is 262 cm³/mol. The number of anilines is 3. The van der Waals surface area contributed by atoms with E-state index in [0.717, 1.165) is 22.6 Å². The lowest BCUT2D eigenvalue weighted by Crippen LogP contribution is -2.26. The van der Waals surface area contributed by atoms with Crippen molar-refractivity contribution in [3.05, 3.63) is 247 Å². The van der Waals surface area contributed by atoms with Crippen molar-refractivity contribution in [3.8, 4) is 66.9 Å². The maximum atomic E-state index is 3.84. The predicted octanol–water partition coefficient (Wildman–Crippen LogP) is 16.1.